The quantitative estimate of drug-likeness (QED) is 0.642. The van der Waals surface area contributed by atoms with E-state index in [9.17, 15) is 4.79 Å². The summed E-state index contributed by atoms with van der Waals surface area (Å²) in [7, 11) is 0. The number of allylic oxidation sites excluding steroid dienone is 2. The van der Waals surface area contributed by atoms with Crippen LogP contribution in [0.4, 0.5) is 0 Å². The number of Topliss-reactive ketones (excluding diaryl/α,β-unsaturated/α-hetero) is 1. The SMILES string of the molecule is C/C=C(/C[C@H](C)C(C)=O)C(C)=N. The summed E-state index contributed by atoms with van der Waals surface area (Å²) in [5.74, 6) is 0.229. The van der Waals surface area contributed by atoms with E-state index in [4.69, 9.17) is 5.41 Å². The molecule has 0 saturated carbocycles. The maximum Gasteiger partial charge on any atom is 0.132 e. The first-order chi connectivity index (χ1) is 5.49. The van der Waals surface area contributed by atoms with Crippen LogP contribution in [0.2, 0.25) is 0 Å². The standard InChI is InChI=1S/C10H17NO/c1-5-10(8(3)11)6-7(2)9(4)12/h5,7,11H,6H2,1-4H3/b10-5-,11-8?/t7-/m0/s1. The third-order valence-electron chi connectivity index (χ3n) is 2.05. The van der Waals surface area contributed by atoms with Crippen LogP contribution < -0.4 is 0 Å². The molecule has 68 valence electrons. The third kappa shape index (κ3) is 3.46. The van der Waals surface area contributed by atoms with E-state index in [0.29, 0.717) is 12.1 Å². The molecule has 12 heavy (non-hydrogen) atoms. The second kappa shape index (κ2) is 4.86. The van der Waals surface area contributed by atoms with Gasteiger partial charge in [0.05, 0.1) is 0 Å². The Morgan fingerprint density at radius 3 is 2.25 bits per heavy atom. The van der Waals surface area contributed by atoms with Gasteiger partial charge in [-0.2, -0.15) is 0 Å². The van der Waals surface area contributed by atoms with Crippen LogP contribution in [-0.4, -0.2) is 11.5 Å². The molecule has 0 aliphatic heterocycles. The van der Waals surface area contributed by atoms with Crippen molar-refractivity contribution in [1.29, 1.82) is 5.41 Å². The molecule has 0 aliphatic carbocycles. The van der Waals surface area contributed by atoms with Gasteiger partial charge in [-0.3, -0.25) is 4.79 Å². The second-order valence-electron chi connectivity index (χ2n) is 3.15. The van der Waals surface area contributed by atoms with Crippen molar-refractivity contribution in [1.82, 2.24) is 0 Å². The minimum absolute atomic E-state index is 0.0384. The molecule has 0 spiro atoms. The molecule has 0 unspecified atom stereocenters. The maximum atomic E-state index is 10.9. The molecule has 0 aliphatic rings. The first kappa shape index (κ1) is 11.1. The highest BCUT2D eigenvalue weighted by Crippen LogP contribution is 2.12. The number of rotatable bonds is 4. The summed E-state index contributed by atoms with van der Waals surface area (Å²) in [5.41, 5.74) is 1.53. The molecule has 2 nitrogen and oxygen atoms in total. The van der Waals surface area contributed by atoms with Gasteiger partial charge in [0.15, 0.2) is 0 Å². The normalized spacial score (nSPS) is 14.2. The molecule has 1 N–H and O–H groups in total. The zero-order valence-corrected chi connectivity index (χ0v) is 8.27. The predicted molar refractivity (Wildman–Crippen MR) is 51.6 cm³/mol. The number of hydrogen-bond donors (Lipinski definition) is 1. The molecule has 1 atom stereocenters. The highest BCUT2D eigenvalue weighted by Gasteiger charge is 2.10. The highest BCUT2D eigenvalue weighted by molar-refractivity contribution is 5.96. The van der Waals surface area contributed by atoms with Gasteiger partial charge in [0.25, 0.3) is 0 Å². The summed E-state index contributed by atoms with van der Waals surface area (Å²) in [4.78, 5) is 10.9. The van der Waals surface area contributed by atoms with Crippen LogP contribution in [0, 0.1) is 11.3 Å². The number of ketones is 1. The second-order valence-corrected chi connectivity index (χ2v) is 3.15. The summed E-state index contributed by atoms with van der Waals surface area (Å²) in [5, 5.41) is 7.41. The maximum absolute atomic E-state index is 10.9. The lowest BCUT2D eigenvalue weighted by Crippen LogP contribution is -2.09. The van der Waals surface area contributed by atoms with Gasteiger partial charge in [-0.05, 0) is 32.8 Å². The molecule has 0 saturated heterocycles. The fourth-order valence-electron chi connectivity index (χ4n) is 0.961. The van der Waals surface area contributed by atoms with Gasteiger partial charge < -0.3 is 5.41 Å². The zero-order chi connectivity index (χ0) is 9.72. The van der Waals surface area contributed by atoms with Crippen molar-refractivity contribution in [3.63, 3.8) is 0 Å². The Morgan fingerprint density at radius 2 is 2.00 bits per heavy atom. The fraction of sp³-hybridized carbons (Fsp3) is 0.600. The fourth-order valence-corrected chi connectivity index (χ4v) is 0.961. The van der Waals surface area contributed by atoms with Crippen LogP contribution in [-0.2, 0) is 4.79 Å². The van der Waals surface area contributed by atoms with Crippen LogP contribution in [0.15, 0.2) is 11.6 Å². The Kier molecular flexibility index (Phi) is 4.49. The summed E-state index contributed by atoms with van der Waals surface area (Å²) in [6.07, 6.45) is 2.60. The first-order valence-electron chi connectivity index (χ1n) is 4.20. The van der Waals surface area contributed by atoms with E-state index >= 15 is 0 Å². The number of carbonyl (C=O) groups is 1. The molecule has 0 aromatic carbocycles. The Morgan fingerprint density at radius 1 is 1.50 bits per heavy atom. The average Bonchev–Trinajstić information content (AvgIpc) is 1.98. The van der Waals surface area contributed by atoms with Crippen molar-refractivity contribution in [2.45, 2.75) is 34.1 Å². The van der Waals surface area contributed by atoms with E-state index in [1.54, 1.807) is 13.8 Å². The molecule has 0 bridgehead atoms. The largest absolute Gasteiger partial charge is 0.305 e. The van der Waals surface area contributed by atoms with Gasteiger partial charge in [0, 0.05) is 11.6 Å². The summed E-state index contributed by atoms with van der Waals surface area (Å²) in [6.45, 7) is 7.15. The monoisotopic (exact) mass is 167 g/mol. The highest BCUT2D eigenvalue weighted by atomic mass is 16.1. The zero-order valence-electron chi connectivity index (χ0n) is 8.27. The summed E-state index contributed by atoms with van der Waals surface area (Å²) < 4.78 is 0. The van der Waals surface area contributed by atoms with Crippen molar-refractivity contribution in [3.05, 3.63) is 11.6 Å². The third-order valence-corrected chi connectivity index (χ3v) is 2.05. The van der Waals surface area contributed by atoms with Crippen molar-refractivity contribution in [2.75, 3.05) is 0 Å². The Bertz CT molecular complexity index is 216. The van der Waals surface area contributed by atoms with Crippen molar-refractivity contribution >= 4 is 11.5 Å². The average molecular weight is 167 g/mol. The number of hydrogen-bond acceptors (Lipinski definition) is 2. The van der Waals surface area contributed by atoms with Crippen molar-refractivity contribution in [3.8, 4) is 0 Å². The van der Waals surface area contributed by atoms with E-state index in [1.165, 1.54) is 0 Å². The van der Waals surface area contributed by atoms with Gasteiger partial charge in [0.1, 0.15) is 5.78 Å². The topological polar surface area (TPSA) is 40.9 Å². The Hall–Kier alpha value is -0.920. The molecule has 0 aromatic heterocycles. The Labute approximate surface area is 74.2 Å². The molecular formula is C10H17NO. The van der Waals surface area contributed by atoms with E-state index in [1.807, 2.05) is 19.9 Å². The smallest absolute Gasteiger partial charge is 0.132 e. The minimum atomic E-state index is 0.0384. The van der Waals surface area contributed by atoms with Gasteiger partial charge in [-0.15, -0.1) is 0 Å². The lowest BCUT2D eigenvalue weighted by Gasteiger charge is -2.09. The van der Waals surface area contributed by atoms with Crippen LogP contribution >= 0.6 is 0 Å². The van der Waals surface area contributed by atoms with Gasteiger partial charge in [0.2, 0.25) is 0 Å². The van der Waals surface area contributed by atoms with Gasteiger partial charge in [-0.1, -0.05) is 13.0 Å². The summed E-state index contributed by atoms with van der Waals surface area (Å²) in [6, 6.07) is 0. The molecule has 0 heterocycles. The van der Waals surface area contributed by atoms with Crippen molar-refractivity contribution < 1.29 is 4.79 Å². The Balaban J connectivity index is 4.23. The molecule has 0 fully saturated rings. The molecule has 0 radical (unpaired) electrons. The van der Waals surface area contributed by atoms with Gasteiger partial charge >= 0.3 is 0 Å². The minimum Gasteiger partial charge on any atom is -0.305 e. The van der Waals surface area contributed by atoms with Crippen LogP contribution in [0.1, 0.15) is 34.1 Å². The first-order valence-corrected chi connectivity index (χ1v) is 4.20. The van der Waals surface area contributed by atoms with Gasteiger partial charge in [-0.25, -0.2) is 0 Å². The lowest BCUT2D eigenvalue weighted by atomic mass is 9.95. The van der Waals surface area contributed by atoms with E-state index in [0.717, 1.165) is 5.57 Å². The molecular weight excluding hydrogens is 150 g/mol. The predicted octanol–water partition coefficient (Wildman–Crippen LogP) is 2.59. The van der Waals surface area contributed by atoms with Crippen LogP contribution in [0.25, 0.3) is 0 Å². The van der Waals surface area contributed by atoms with E-state index in [2.05, 4.69) is 0 Å². The molecule has 0 rings (SSSR count). The summed E-state index contributed by atoms with van der Waals surface area (Å²) >= 11 is 0. The number of nitrogens with one attached hydrogen (secondary N) is 1. The van der Waals surface area contributed by atoms with Crippen LogP contribution in [0.5, 0.6) is 0 Å². The molecule has 2 heteroatoms. The number of carbonyl (C=O) groups excluding carboxylic acids is 1. The van der Waals surface area contributed by atoms with E-state index < -0.39 is 0 Å². The van der Waals surface area contributed by atoms with Crippen molar-refractivity contribution in [2.24, 2.45) is 5.92 Å². The van der Waals surface area contributed by atoms with Crippen LogP contribution in [0.3, 0.4) is 0 Å². The molecule has 0 aromatic rings. The van der Waals surface area contributed by atoms with E-state index in [-0.39, 0.29) is 11.7 Å². The molecule has 0 amide bonds. The lowest BCUT2D eigenvalue weighted by molar-refractivity contribution is -0.120.